The summed E-state index contributed by atoms with van der Waals surface area (Å²) in [5.74, 6) is 0.652. The van der Waals surface area contributed by atoms with E-state index in [9.17, 15) is 0 Å². The highest BCUT2D eigenvalue weighted by atomic mass is 16.7. The first-order valence-electron chi connectivity index (χ1n) is 8.06. The largest absolute Gasteiger partial charge is 0.399 e. The van der Waals surface area contributed by atoms with E-state index in [2.05, 4.69) is 47.5 Å². The van der Waals surface area contributed by atoms with E-state index in [4.69, 9.17) is 10.6 Å². The molecule has 3 nitrogen and oxygen atoms in total. The van der Waals surface area contributed by atoms with E-state index < -0.39 is 0 Å². The molecule has 0 amide bonds. The fourth-order valence-corrected chi connectivity index (χ4v) is 3.05. The lowest BCUT2D eigenvalue weighted by Gasteiger charge is -2.23. The summed E-state index contributed by atoms with van der Waals surface area (Å²) >= 11 is 0. The average Bonchev–Trinajstić information content (AvgIpc) is 2.76. The molecule has 0 aliphatic carbocycles. The van der Waals surface area contributed by atoms with Gasteiger partial charge in [-0.2, -0.15) is 5.06 Å². The van der Waals surface area contributed by atoms with Gasteiger partial charge < -0.3 is 5.73 Å². The van der Waals surface area contributed by atoms with E-state index in [-0.39, 0.29) is 0 Å². The molecule has 1 heterocycles. The van der Waals surface area contributed by atoms with Gasteiger partial charge in [-0.05, 0) is 48.4 Å². The summed E-state index contributed by atoms with van der Waals surface area (Å²) in [5.41, 5.74) is 9.22. The Balaban J connectivity index is 1.61. The topological polar surface area (TPSA) is 38.5 Å². The maximum atomic E-state index is 5.91. The number of nitrogens with zero attached hydrogens (tertiary/aromatic N) is 1. The van der Waals surface area contributed by atoms with Gasteiger partial charge in [0.2, 0.25) is 0 Å². The van der Waals surface area contributed by atoms with E-state index >= 15 is 0 Å². The number of hydroxylamine groups is 2. The van der Waals surface area contributed by atoms with Crippen LogP contribution in [0, 0.1) is 5.92 Å². The van der Waals surface area contributed by atoms with E-state index in [1.165, 1.54) is 17.5 Å². The number of nitrogen functional groups attached to an aromatic ring is 1. The summed E-state index contributed by atoms with van der Waals surface area (Å²) in [6.45, 7) is 2.63. The van der Waals surface area contributed by atoms with Crippen molar-refractivity contribution >= 4 is 5.69 Å². The standard InChI is InChI=1S/C19H24N2O/c20-19-10-8-17(9-11-19)14-21-15-18(7-4-12-22-21)13-16-5-2-1-3-6-16/h1-3,5-6,8-11,18H,4,7,12-15,20H2. The summed E-state index contributed by atoms with van der Waals surface area (Å²) in [6.07, 6.45) is 3.49. The molecule has 0 bridgehead atoms. The molecule has 1 aliphatic heterocycles. The Kier molecular flexibility index (Phi) is 5.09. The minimum atomic E-state index is 0.652. The zero-order valence-electron chi connectivity index (χ0n) is 12.9. The van der Waals surface area contributed by atoms with Gasteiger partial charge in [-0.1, -0.05) is 42.5 Å². The molecule has 0 saturated carbocycles. The van der Waals surface area contributed by atoms with Crippen molar-refractivity contribution in [3.8, 4) is 0 Å². The molecule has 22 heavy (non-hydrogen) atoms. The van der Waals surface area contributed by atoms with Gasteiger partial charge in [0.1, 0.15) is 0 Å². The Morgan fingerprint density at radius 3 is 2.55 bits per heavy atom. The average molecular weight is 296 g/mol. The van der Waals surface area contributed by atoms with Crippen molar-refractivity contribution in [2.24, 2.45) is 5.92 Å². The minimum absolute atomic E-state index is 0.652. The predicted octanol–water partition coefficient (Wildman–Crippen LogP) is 3.66. The van der Waals surface area contributed by atoms with Crippen LogP contribution < -0.4 is 5.73 Å². The third-order valence-corrected chi connectivity index (χ3v) is 4.20. The van der Waals surface area contributed by atoms with Gasteiger partial charge in [-0.3, -0.25) is 4.84 Å². The number of hydrogen-bond donors (Lipinski definition) is 1. The second-order valence-corrected chi connectivity index (χ2v) is 6.10. The maximum Gasteiger partial charge on any atom is 0.0685 e. The zero-order valence-corrected chi connectivity index (χ0v) is 12.9. The molecule has 2 N–H and O–H groups in total. The molecule has 1 saturated heterocycles. The lowest BCUT2D eigenvalue weighted by molar-refractivity contribution is -0.163. The van der Waals surface area contributed by atoms with Gasteiger partial charge in [-0.15, -0.1) is 0 Å². The number of anilines is 1. The SMILES string of the molecule is Nc1ccc(CN2CC(Cc3ccccc3)CCCO2)cc1. The van der Waals surface area contributed by atoms with E-state index in [0.717, 1.165) is 38.2 Å². The fourth-order valence-electron chi connectivity index (χ4n) is 3.05. The van der Waals surface area contributed by atoms with Crippen LogP contribution in [-0.2, 0) is 17.8 Å². The third-order valence-electron chi connectivity index (χ3n) is 4.20. The highest BCUT2D eigenvalue weighted by Gasteiger charge is 2.19. The second kappa shape index (κ2) is 7.43. The summed E-state index contributed by atoms with van der Waals surface area (Å²) in [6, 6.07) is 18.8. The van der Waals surface area contributed by atoms with Gasteiger partial charge in [0.15, 0.2) is 0 Å². The molecular formula is C19H24N2O. The van der Waals surface area contributed by atoms with Gasteiger partial charge in [-0.25, -0.2) is 0 Å². The molecule has 1 atom stereocenters. The lowest BCUT2D eigenvalue weighted by atomic mass is 9.95. The Bertz CT molecular complexity index is 568. The fraction of sp³-hybridized carbons (Fsp3) is 0.368. The zero-order chi connectivity index (χ0) is 15.2. The number of rotatable bonds is 4. The van der Waals surface area contributed by atoms with Crippen LogP contribution in [0.15, 0.2) is 54.6 Å². The highest BCUT2D eigenvalue weighted by Crippen LogP contribution is 2.21. The van der Waals surface area contributed by atoms with Crippen molar-refractivity contribution in [3.05, 3.63) is 65.7 Å². The van der Waals surface area contributed by atoms with Gasteiger partial charge in [0.25, 0.3) is 0 Å². The van der Waals surface area contributed by atoms with Crippen LogP contribution in [0.4, 0.5) is 5.69 Å². The van der Waals surface area contributed by atoms with Crippen molar-refractivity contribution in [1.82, 2.24) is 5.06 Å². The summed E-state index contributed by atoms with van der Waals surface area (Å²) < 4.78 is 0. The number of benzene rings is 2. The first-order valence-corrected chi connectivity index (χ1v) is 8.06. The lowest BCUT2D eigenvalue weighted by Crippen LogP contribution is -2.28. The van der Waals surface area contributed by atoms with Crippen LogP contribution in [-0.4, -0.2) is 18.2 Å². The second-order valence-electron chi connectivity index (χ2n) is 6.10. The van der Waals surface area contributed by atoms with Crippen molar-refractivity contribution in [2.75, 3.05) is 18.9 Å². The Labute approximate surface area is 132 Å². The Morgan fingerprint density at radius 2 is 1.77 bits per heavy atom. The molecule has 1 fully saturated rings. The highest BCUT2D eigenvalue weighted by molar-refractivity contribution is 5.39. The van der Waals surface area contributed by atoms with Crippen LogP contribution in [0.2, 0.25) is 0 Å². The third kappa shape index (κ3) is 4.33. The van der Waals surface area contributed by atoms with Crippen molar-refractivity contribution in [2.45, 2.75) is 25.8 Å². The van der Waals surface area contributed by atoms with Crippen LogP contribution in [0.3, 0.4) is 0 Å². The predicted molar refractivity (Wildman–Crippen MR) is 90.1 cm³/mol. The summed E-state index contributed by atoms with van der Waals surface area (Å²) in [7, 11) is 0. The molecule has 1 aliphatic rings. The van der Waals surface area contributed by atoms with Crippen molar-refractivity contribution < 1.29 is 4.84 Å². The molecule has 2 aromatic carbocycles. The molecule has 3 heteroatoms. The molecule has 0 aromatic heterocycles. The van der Waals surface area contributed by atoms with Gasteiger partial charge >= 0.3 is 0 Å². The smallest absolute Gasteiger partial charge is 0.0685 e. The van der Waals surface area contributed by atoms with Gasteiger partial charge in [0.05, 0.1) is 6.61 Å². The van der Waals surface area contributed by atoms with Crippen molar-refractivity contribution in [1.29, 1.82) is 0 Å². The Hall–Kier alpha value is -1.84. The summed E-state index contributed by atoms with van der Waals surface area (Å²) in [5, 5.41) is 2.12. The molecule has 0 spiro atoms. The Morgan fingerprint density at radius 1 is 1.00 bits per heavy atom. The molecule has 3 rings (SSSR count). The normalized spacial score (nSPS) is 19.7. The first kappa shape index (κ1) is 15.1. The molecule has 116 valence electrons. The van der Waals surface area contributed by atoms with Crippen LogP contribution in [0.1, 0.15) is 24.0 Å². The van der Waals surface area contributed by atoms with E-state index in [0.29, 0.717) is 5.92 Å². The molecular weight excluding hydrogens is 272 g/mol. The van der Waals surface area contributed by atoms with Crippen LogP contribution in [0.5, 0.6) is 0 Å². The first-order chi connectivity index (χ1) is 10.8. The summed E-state index contributed by atoms with van der Waals surface area (Å²) in [4.78, 5) is 5.91. The monoisotopic (exact) mass is 296 g/mol. The maximum absolute atomic E-state index is 5.91. The van der Waals surface area contributed by atoms with E-state index in [1.807, 2.05) is 12.1 Å². The van der Waals surface area contributed by atoms with Gasteiger partial charge in [0, 0.05) is 18.8 Å². The number of nitrogens with two attached hydrogens (primary N) is 1. The molecule has 0 radical (unpaired) electrons. The molecule has 1 unspecified atom stereocenters. The minimum Gasteiger partial charge on any atom is -0.399 e. The quantitative estimate of drug-likeness (QED) is 0.875. The van der Waals surface area contributed by atoms with Crippen LogP contribution in [0.25, 0.3) is 0 Å². The van der Waals surface area contributed by atoms with Crippen LogP contribution >= 0.6 is 0 Å². The van der Waals surface area contributed by atoms with Crippen molar-refractivity contribution in [3.63, 3.8) is 0 Å². The molecule has 2 aromatic rings. The van der Waals surface area contributed by atoms with E-state index in [1.54, 1.807) is 0 Å². The number of hydrogen-bond acceptors (Lipinski definition) is 3.